The van der Waals surface area contributed by atoms with Gasteiger partial charge in [0.2, 0.25) is 0 Å². The van der Waals surface area contributed by atoms with Gasteiger partial charge in [0.25, 0.3) is 5.91 Å². The molecule has 1 amide bonds. The van der Waals surface area contributed by atoms with E-state index in [0.717, 1.165) is 27.6 Å². The minimum absolute atomic E-state index is 0.0846. The van der Waals surface area contributed by atoms with Gasteiger partial charge >= 0.3 is 0 Å². The fourth-order valence-electron chi connectivity index (χ4n) is 2.91. The molecule has 128 valence electrons. The molecule has 5 nitrogen and oxygen atoms in total. The van der Waals surface area contributed by atoms with Gasteiger partial charge in [0.05, 0.1) is 24.5 Å². The summed E-state index contributed by atoms with van der Waals surface area (Å²) in [6.07, 6.45) is 4.03. The van der Waals surface area contributed by atoms with Crippen LogP contribution in [0, 0.1) is 0 Å². The molecule has 1 saturated heterocycles. The number of carbonyl (C=O) groups is 1. The maximum atomic E-state index is 12.8. The van der Waals surface area contributed by atoms with Gasteiger partial charge in [0, 0.05) is 36.1 Å². The molecule has 1 aromatic carbocycles. The molecule has 4 rings (SSSR count). The number of hydrogen-bond donors (Lipinski definition) is 0. The first-order valence-corrected chi connectivity index (χ1v) is 9.31. The number of benzene rings is 1. The van der Waals surface area contributed by atoms with Crippen LogP contribution in [0.2, 0.25) is 0 Å². The van der Waals surface area contributed by atoms with Gasteiger partial charge in [-0.2, -0.15) is 0 Å². The summed E-state index contributed by atoms with van der Waals surface area (Å²) in [7, 11) is 0. The van der Waals surface area contributed by atoms with Gasteiger partial charge < -0.3 is 14.0 Å². The second kappa shape index (κ2) is 7.29. The van der Waals surface area contributed by atoms with Crippen molar-refractivity contribution in [1.82, 2.24) is 14.3 Å². The van der Waals surface area contributed by atoms with Crippen LogP contribution < -0.4 is 0 Å². The molecule has 3 aromatic rings. The van der Waals surface area contributed by atoms with E-state index in [1.807, 2.05) is 64.2 Å². The van der Waals surface area contributed by atoms with Crippen molar-refractivity contribution in [3.8, 4) is 0 Å². The maximum absolute atomic E-state index is 12.8. The first-order chi connectivity index (χ1) is 12.3. The molecule has 0 spiro atoms. The molecular formula is C19H19N3O2S. The van der Waals surface area contributed by atoms with E-state index in [0.29, 0.717) is 26.3 Å². The normalized spacial score (nSPS) is 14.8. The maximum Gasteiger partial charge on any atom is 0.255 e. The van der Waals surface area contributed by atoms with E-state index in [4.69, 9.17) is 4.74 Å². The lowest BCUT2D eigenvalue weighted by molar-refractivity contribution is 0.0300. The highest BCUT2D eigenvalue weighted by Gasteiger charge is 2.21. The summed E-state index contributed by atoms with van der Waals surface area (Å²) in [5.41, 5.74) is 2.71. The Labute approximate surface area is 150 Å². The number of morpholine rings is 1. The number of aromatic nitrogens is 2. The van der Waals surface area contributed by atoms with E-state index in [-0.39, 0.29) is 5.91 Å². The summed E-state index contributed by atoms with van der Waals surface area (Å²) >= 11 is 1.65. The third kappa shape index (κ3) is 3.55. The zero-order valence-electron chi connectivity index (χ0n) is 13.8. The van der Waals surface area contributed by atoms with Crippen molar-refractivity contribution in [3.05, 3.63) is 66.1 Å². The molecular weight excluding hydrogens is 334 g/mol. The lowest BCUT2D eigenvalue weighted by Crippen LogP contribution is -2.40. The van der Waals surface area contributed by atoms with Gasteiger partial charge in [-0.05, 0) is 24.3 Å². The van der Waals surface area contributed by atoms with E-state index in [1.54, 1.807) is 11.8 Å². The van der Waals surface area contributed by atoms with Crippen molar-refractivity contribution in [2.45, 2.75) is 10.6 Å². The topological polar surface area (TPSA) is 46.8 Å². The SMILES string of the molecule is O=C(c1ccccc1SCc1cn2ccccc2n1)N1CCOCC1. The van der Waals surface area contributed by atoms with E-state index in [1.165, 1.54) is 0 Å². The van der Waals surface area contributed by atoms with Crippen molar-refractivity contribution < 1.29 is 9.53 Å². The minimum atomic E-state index is 0.0846. The van der Waals surface area contributed by atoms with Crippen molar-refractivity contribution in [2.75, 3.05) is 26.3 Å². The second-order valence-corrected chi connectivity index (χ2v) is 6.90. The van der Waals surface area contributed by atoms with Crippen LogP contribution in [0.3, 0.4) is 0 Å². The fourth-order valence-corrected chi connectivity index (χ4v) is 3.84. The zero-order valence-corrected chi connectivity index (χ0v) is 14.6. The summed E-state index contributed by atoms with van der Waals surface area (Å²) in [6, 6.07) is 13.8. The Morgan fingerprint density at radius 1 is 1.12 bits per heavy atom. The van der Waals surface area contributed by atoms with Crippen molar-refractivity contribution in [1.29, 1.82) is 0 Å². The monoisotopic (exact) mass is 353 g/mol. The van der Waals surface area contributed by atoms with Crippen LogP contribution in [0.25, 0.3) is 5.65 Å². The molecule has 0 N–H and O–H groups in total. The first kappa shape index (κ1) is 16.2. The number of hydrogen-bond acceptors (Lipinski definition) is 4. The van der Waals surface area contributed by atoms with Crippen molar-refractivity contribution in [2.24, 2.45) is 0 Å². The van der Waals surface area contributed by atoms with Crippen LogP contribution in [-0.2, 0) is 10.5 Å². The average Bonchev–Trinajstić information content (AvgIpc) is 3.10. The van der Waals surface area contributed by atoms with Gasteiger partial charge in [0.1, 0.15) is 5.65 Å². The molecule has 0 saturated carbocycles. The van der Waals surface area contributed by atoms with E-state index >= 15 is 0 Å². The van der Waals surface area contributed by atoms with Crippen molar-refractivity contribution in [3.63, 3.8) is 0 Å². The Morgan fingerprint density at radius 3 is 2.76 bits per heavy atom. The quantitative estimate of drug-likeness (QED) is 0.676. The summed E-state index contributed by atoms with van der Waals surface area (Å²) < 4.78 is 7.36. The lowest BCUT2D eigenvalue weighted by Gasteiger charge is -2.27. The Bertz CT molecular complexity index is 854. The third-order valence-corrected chi connectivity index (χ3v) is 5.31. The molecule has 1 fully saturated rings. The Morgan fingerprint density at radius 2 is 1.92 bits per heavy atom. The number of carbonyl (C=O) groups excluding carboxylic acids is 1. The number of nitrogens with zero attached hydrogens (tertiary/aromatic N) is 3. The van der Waals surface area contributed by atoms with Crippen LogP contribution in [0.15, 0.2) is 59.8 Å². The molecule has 6 heteroatoms. The van der Waals surface area contributed by atoms with Gasteiger partial charge in [0.15, 0.2) is 0 Å². The highest BCUT2D eigenvalue weighted by Crippen LogP contribution is 2.27. The molecule has 2 aromatic heterocycles. The molecule has 0 radical (unpaired) electrons. The molecule has 0 unspecified atom stereocenters. The zero-order chi connectivity index (χ0) is 17.1. The predicted octanol–water partition coefficient (Wildman–Crippen LogP) is 3.10. The summed E-state index contributed by atoms with van der Waals surface area (Å²) in [5.74, 6) is 0.816. The molecule has 0 atom stereocenters. The predicted molar refractivity (Wildman–Crippen MR) is 97.9 cm³/mol. The van der Waals surface area contributed by atoms with Gasteiger partial charge in [-0.3, -0.25) is 4.79 Å². The standard InChI is InChI=1S/C19H19N3O2S/c23-19(21-9-11-24-12-10-21)16-5-1-2-6-17(16)25-14-15-13-22-8-4-3-7-18(22)20-15/h1-8,13H,9-12,14H2. The molecule has 3 heterocycles. The highest BCUT2D eigenvalue weighted by atomic mass is 32.2. The van der Waals surface area contributed by atoms with Crippen LogP contribution in [0.1, 0.15) is 16.1 Å². The summed E-state index contributed by atoms with van der Waals surface area (Å²) in [4.78, 5) is 20.3. The van der Waals surface area contributed by atoms with Crippen LogP contribution >= 0.6 is 11.8 Å². The molecule has 1 aliphatic rings. The third-order valence-electron chi connectivity index (χ3n) is 4.21. The number of imidazole rings is 1. The smallest absolute Gasteiger partial charge is 0.255 e. The number of fused-ring (bicyclic) bond motifs is 1. The highest BCUT2D eigenvalue weighted by molar-refractivity contribution is 7.98. The summed E-state index contributed by atoms with van der Waals surface area (Å²) in [6.45, 7) is 2.54. The number of ether oxygens (including phenoxy) is 1. The average molecular weight is 353 g/mol. The molecule has 0 aliphatic carbocycles. The van der Waals surface area contributed by atoms with Crippen LogP contribution in [0.5, 0.6) is 0 Å². The number of rotatable bonds is 4. The van der Waals surface area contributed by atoms with Crippen LogP contribution in [-0.4, -0.2) is 46.5 Å². The Kier molecular flexibility index (Phi) is 4.72. The second-order valence-electron chi connectivity index (χ2n) is 5.89. The van der Waals surface area contributed by atoms with E-state index in [9.17, 15) is 4.79 Å². The lowest BCUT2D eigenvalue weighted by atomic mass is 10.2. The summed E-state index contributed by atoms with van der Waals surface area (Å²) in [5, 5.41) is 0. The van der Waals surface area contributed by atoms with Crippen molar-refractivity contribution >= 4 is 23.3 Å². The largest absolute Gasteiger partial charge is 0.378 e. The van der Waals surface area contributed by atoms with Gasteiger partial charge in [-0.1, -0.05) is 18.2 Å². The minimum Gasteiger partial charge on any atom is -0.378 e. The Balaban J connectivity index is 1.51. The number of thioether (sulfide) groups is 1. The van der Waals surface area contributed by atoms with E-state index < -0.39 is 0 Å². The molecule has 25 heavy (non-hydrogen) atoms. The Hall–Kier alpha value is -2.31. The molecule has 1 aliphatic heterocycles. The molecule has 0 bridgehead atoms. The first-order valence-electron chi connectivity index (χ1n) is 8.33. The number of amides is 1. The van der Waals surface area contributed by atoms with Gasteiger partial charge in [-0.25, -0.2) is 4.98 Å². The van der Waals surface area contributed by atoms with Crippen LogP contribution in [0.4, 0.5) is 0 Å². The van der Waals surface area contributed by atoms with Gasteiger partial charge in [-0.15, -0.1) is 11.8 Å². The van der Waals surface area contributed by atoms with E-state index in [2.05, 4.69) is 4.98 Å². The number of pyridine rings is 1. The fraction of sp³-hybridized carbons (Fsp3) is 0.263.